The molecule has 0 aliphatic rings. The number of amides is 2. The second-order valence-corrected chi connectivity index (χ2v) is 5.49. The van der Waals surface area contributed by atoms with Crippen LogP contribution in [-0.2, 0) is 9.59 Å². The predicted octanol–water partition coefficient (Wildman–Crippen LogP) is 1.54. The van der Waals surface area contributed by atoms with Gasteiger partial charge in [-0.25, -0.2) is 10.2 Å². The number of rotatable bonds is 5. The maximum atomic E-state index is 11.9. The zero-order valence-corrected chi connectivity index (χ0v) is 14.3. The van der Waals surface area contributed by atoms with Crippen LogP contribution in [0.5, 0.6) is 0 Å². The Bertz CT molecular complexity index is 845. The first-order valence-corrected chi connectivity index (χ1v) is 7.62. The SMILES string of the molecule is CN(C)c1ccc(/C=N\NC(=O)C(=O)Nc2ccccc2C(=O)O)cc1. The van der Waals surface area contributed by atoms with Crippen molar-refractivity contribution < 1.29 is 19.5 Å². The van der Waals surface area contributed by atoms with Crippen LogP contribution in [0.1, 0.15) is 15.9 Å². The fraction of sp³-hybridized carbons (Fsp3) is 0.111. The number of carbonyl (C=O) groups is 3. The van der Waals surface area contributed by atoms with Gasteiger partial charge in [0, 0.05) is 19.8 Å². The maximum absolute atomic E-state index is 11.9. The van der Waals surface area contributed by atoms with Crippen LogP contribution < -0.4 is 15.6 Å². The smallest absolute Gasteiger partial charge is 0.337 e. The molecule has 2 amide bonds. The van der Waals surface area contributed by atoms with Crippen LogP contribution in [0.4, 0.5) is 11.4 Å². The lowest BCUT2D eigenvalue weighted by atomic mass is 10.2. The van der Waals surface area contributed by atoms with Crippen molar-refractivity contribution in [2.45, 2.75) is 0 Å². The van der Waals surface area contributed by atoms with E-state index in [0.29, 0.717) is 0 Å². The first kappa shape index (κ1) is 18.7. The third-order valence-electron chi connectivity index (χ3n) is 3.40. The van der Waals surface area contributed by atoms with Crippen LogP contribution in [0.25, 0.3) is 0 Å². The molecular weight excluding hydrogens is 336 g/mol. The Balaban J connectivity index is 1.95. The molecular formula is C18H18N4O4. The van der Waals surface area contributed by atoms with Crippen LogP contribution in [0.3, 0.4) is 0 Å². The van der Waals surface area contributed by atoms with Gasteiger partial charge >= 0.3 is 17.8 Å². The molecule has 8 nitrogen and oxygen atoms in total. The van der Waals surface area contributed by atoms with Gasteiger partial charge in [0.15, 0.2) is 0 Å². The van der Waals surface area contributed by atoms with Crippen molar-refractivity contribution >= 4 is 35.4 Å². The van der Waals surface area contributed by atoms with Gasteiger partial charge in [-0.3, -0.25) is 9.59 Å². The van der Waals surface area contributed by atoms with Gasteiger partial charge in [0.25, 0.3) is 0 Å². The van der Waals surface area contributed by atoms with Crippen LogP contribution in [0, 0.1) is 0 Å². The summed E-state index contributed by atoms with van der Waals surface area (Å²) >= 11 is 0. The molecule has 2 rings (SSSR count). The Morgan fingerprint density at radius 3 is 2.27 bits per heavy atom. The number of carboxylic acids is 1. The molecule has 0 aromatic heterocycles. The summed E-state index contributed by atoms with van der Waals surface area (Å²) in [5.41, 5.74) is 3.78. The second kappa shape index (κ2) is 8.43. The third kappa shape index (κ3) is 4.91. The fourth-order valence-electron chi connectivity index (χ4n) is 2.03. The molecule has 26 heavy (non-hydrogen) atoms. The monoisotopic (exact) mass is 354 g/mol. The first-order chi connectivity index (χ1) is 12.4. The molecule has 0 heterocycles. The summed E-state index contributed by atoms with van der Waals surface area (Å²) in [7, 11) is 3.84. The topological polar surface area (TPSA) is 111 Å². The fourth-order valence-corrected chi connectivity index (χ4v) is 2.03. The number of nitrogens with one attached hydrogen (secondary N) is 2. The molecule has 0 bridgehead atoms. The van der Waals surface area contributed by atoms with Crippen molar-refractivity contribution in [1.82, 2.24) is 5.43 Å². The molecule has 0 atom stereocenters. The summed E-state index contributed by atoms with van der Waals surface area (Å²) in [6, 6.07) is 13.2. The van der Waals surface area contributed by atoms with Gasteiger partial charge in [0.2, 0.25) is 0 Å². The Morgan fingerprint density at radius 1 is 1.00 bits per heavy atom. The van der Waals surface area contributed by atoms with Crippen LogP contribution in [0.15, 0.2) is 53.6 Å². The van der Waals surface area contributed by atoms with Crippen molar-refractivity contribution in [3.8, 4) is 0 Å². The number of benzene rings is 2. The summed E-state index contributed by atoms with van der Waals surface area (Å²) in [4.78, 5) is 36.7. The number of hydrogen-bond donors (Lipinski definition) is 3. The molecule has 3 N–H and O–H groups in total. The predicted molar refractivity (Wildman–Crippen MR) is 98.5 cm³/mol. The Labute approximate surface area is 150 Å². The minimum absolute atomic E-state index is 0.0309. The zero-order chi connectivity index (χ0) is 19.1. The molecule has 0 saturated carbocycles. The highest BCUT2D eigenvalue weighted by Gasteiger charge is 2.16. The summed E-state index contributed by atoms with van der Waals surface area (Å²) in [5.74, 6) is -3.23. The van der Waals surface area contributed by atoms with E-state index in [-0.39, 0.29) is 11.3 Å². The molecule has 0 saturated heterocycles. The highest BCUT2D eigenvalue weighted by Crippen LogP contribution is 2.14. The van der Waals surface area contributed by atoms with Gasteiger partial charge in [-0.05, 0) is 29.8 Å². The number of aromatic carboxylic acids is 1. The van der Waals surface area contributed by atoms with Crippen molar-refractivity contribution in [2.75, 3.05) is 24.3 Å². The van der Waals surface area contributed by atoms with E-state index in [9.17, 15) is 14.4 Å². The molecule has 0 aliphatic heterocycles. The average Bonchev–Trinajstić information content (AvgIpc) is 2.62. The number of nitrogens with zero attached hydrogens (tertiary/aromatic N) is 2. The third-order valence-corrected chi connectivity index (χ3v) is 3.40. The second-order valence-electron chi connectivity index (χ2n) is 5.49. The highest BCUT2D eigenvalue weighted by molar-refractivity contribution is 6.39. The number of hydrazone groups is 1. The minimum Gasteiger partial charge on any atom is -0.478 e. The highest BCUT2D eigenvalue weighted by atomic mass is 16.4. The molecule has 2 aromatic carbocycles. The summed E-state index contributed by atoms with van der Waals surface area (Å²) < 4.78 is 0. The van der Waals surface area contributed by atoms with Crippen molar-refractivity contribution in [3.05, 3.63) is 59.7 Å². The van der Waals surface area contributed by atoms with E-state index in [1.165, 1.54) is 24.4 Å². The Kier molecular flexibility index (Phi) is 6.05. The molecule has 0 fully saturated rings. The molecule has 0 aliphatic carbocycles. The van der Waals surface area contributed by atoms with Gasteiger partial charge in [0.1, 0.15) is 0 Å². The minimum atomic E-state index is -1.21. The Morgan fingerprint density at radius 2 is 1.65 bits per heavy atom. The number of para-hydroxylation sites is 1. The lowest BCUT2D eigenvalue weighted by molar-refractivity contribution is -0.136. The van der Waals surface area contributed by atoms with Crippen LogP contribution in [0.2, 0.25) is 0 Å². The van der Waals surface area contributed by atoms with Gasteiger partial charge < -0.3 is 15.3 Å². The first-order valence-electron chi connectivity index (χ1n) is 7.62. The molecule has 0 radical (unpaired) electrons. The summed E-state index contributed by atoms with van der Waals surface area (Å²) in [6.45, 7) is 0. The van der Waals surface area contributed by atoms with Crippen molar-refractivity contribution in [2.24, 2.45) is 5.10 Å². The number of anilines is 2. The van der Waals surface area contributed by atoms with E-state index in [1.807, 2.05) is 43.3 Å². The lowest BCUT2D eigenvalue weighted by Crippen LogP contribution is -2.32. The lowest BCUT2D eigenvalue weighted by Gasteiger charge is -2.11. The largest absolute Gasteiger partial charge is 0.478 e. The number of carboxylic acid groups (broad SMARTS) is 1. The molecule has 134 valence electrons. The average molecular weight is 354 g/mol. The Hall–Kier alpha value is -3.68. The molecule has 2 aromatic rings. The standard InChI is InChI=1S/C18H18N4O4/c1-22(2)13-9-7-12(8-10-13)11-19-21-17(24)16(23)20-15-6-4-3-5-14(15)18(25)26/h3-11H,1-2H3,(H,20,23)(H,21,24)(H,25,26)/b19-11-. The summed E-state index contributed by atoms with van der Waals surface area (Å²) in [6.07, 6.45) is 1.40. The van der Waals surface area contributed by atoms with Crippen molar-refractivity contribution in [3.63, 3.8) is 0 Å². The van der Waals surface area contributed by atoms with Gasteiger partial charge in [0.05, 0.1) is 17.5 Å². The molecule has 8 heteroatoms. The molecule has 0 spiro atoms. The number of hydrogen-bond acceptors (Lipinski definition) is 5. The quantitative estimate of drug-likeness (QED) is 0.428. The van der Waals surface area contributed by atoms with Gasteiger partial charge in [-0.1, -0.05) is 24.3 Å². The van der Waals surface area contributed by atoms with Crippen molar-refractivity contribution in [1.29, 1.82) is 0 Å². The zero-order valence-electron chi connectivity index (χ0n) is 14.3. The van der Waals surface area contributed by atoms with E-state index < -0.39 is 17.8 Å². The van der Waals surface area contributed by atoms with E-state index >= 15 is 0 Å². The normalized spacial score (nSPS) is 10.4. The van der Waals surface area contributed by atoms with E-state index in [1.54, 1.807) is 6.07 Å². The number of carbonyl (C=O) groups excluding carboxylic acids is 2. The maximum Gasteiger partial charge on any atom is 0.337 e. The van der Waals surface area contributed by atoms with Gasteiger partial charge in [-0.15, -0.1) is 0 Å². The van der Waals surface area contributed by atoms with E-state index in [0.717, 1.165) is 11.3 Å². The molecule has 0 unspecified atom stereocenters. The van der Waals surface area contributed by atoms with E-state index in [4.69, 9.17) is 5.11 Å². The summed E-state index contributed by atoms with van der Waals surface area (Å²) in [5, 5.41) is 15.0. The van der Waals surface area contributed by atoms with Crippen LogP contribution >= 0.6 is 0 Å². The van der Waals surface area contributed by atoms with E-state index in [2.05, 4.69) is 15.8 Å². The van der Waals surface area contributed by atoms with Crippen LogP contribution in [-0.4, -0.2) is 43.2 Å². The van der Waals surface area contributed by atoms with Gasteiger partial charge in [-0.2, -0.15) is 5.10 Å².